The van der Waals surface area contributed by atoms with Crippen molar-refractivity contribution in [3.63, 3.8) is 0 Å². The Morgan fingerprint density at radius 3 is 2.78 bits per heavy atom. The molecule has 2 aromatic rings. The van der Waals surface area contributed by atoms with Gasteiger partial charge >= 0.3 is 0 Å². The highest BCUT2D eigenvalue weighted by Gasteiger charge is 2.34. The third kappa shape index (κ3) is 3.01. The summed E-state index contributed by atoms with van der Waals surface area (Å²) >= 11 is 1.51. The summed E-state index contributed by atoms with van der Waals surface area (Å²) in [4.78, 5) is 16.6. The van der Waals surface area contributed by atoms with Gasteiger partial charge in [-0.2, -0.15) is 0 Å². The van der Waals surface area contributed by atoms with E-state index < -0.39 is 11.6 Å². The number of nitrogens with zero attached hydrogens (tertiary/aromatic N) is 1. The Morgan fingerprint density at radius 2 is 2.09 bits per heavy atom. The minimum atomic E-state index is -0.640. The Bertz CT molecular complexity index is 746. The summed E-state index contributed by atoms with van der Waals surface area (Å²) in [6.45, 7) is 1.92. The Balaban J connectivity index is 1.39. The number of thiophene rings is 1. The standard InChI is InChI=1S/C17H16F2N2OS/c18-12-2-1-10(14(19)6-12)7-20-17(22)15-5-11-8-21(13-3-4-13)9-16(11)23-15/h1-2,5-6,13H,3-4,7-9H2,(H,20,22). The SMILES string of the molecule is O=C(NCc1ccc(F)cc1F)c1cc2c(s1)CN(C1CC1)C2. The summed E-state index contributed by atoms with van der Waals surface area (Å²) in [6, 6.07) is 6.05. The summed E-state index contributed by atoms with van der Waals surface area (Å²) in [6.07, 6.45) is 2.57. The molecule has 0 saturated heterocycles. The van der Waals surface area contributed by atoms with Gasteiger partial charge in [-0.15, -0.1) is 11.3 Å². The molecule has 4 rings (SSSR count). The van der Waals surface area contributed by atoms with Crippen LogP contribution < -0.4 is 5.32 Å². The maximum absolute atomic E-state index is 13.6. The molecule has 1 amide bonds. The number of benzene rings is 1. The van der Waals surface area contributed by atoms with Crippen LogP contribution in [0.15, 0.2) is 24.3 Å². The summed E-state index contributed by atoms with van der Waals surface area (Å²) in [7, 11) is 0. The predicted molar refractivity (Wildman–Crippen MR) is 84.1 cm³/mol. The number of halogens is 2. The molecule has 0 bridgehead atoms. The van der Waals surface area contributed by atoms with E-state index in [1.54, 1.807) is 0 Å². The molecule has 1 saturated carbocycles. The fourth-order valence-electron chi connectivity index (χ4n) is 2.93. The van der Waals surface area contributed by atoms with Gasteiger partial charge in [-0.05, 0) is 30.5 Å². The van der Waals surface area contributed by atoms with Crippen molar-refractivity contribution >= 4 is 17.2 Å². The molecule has 1 fully saturated rings. The van der Waals surface area contributed by atoms with Gasteiger partial charge in [0.1, 0.15) is 11.6 Å². The van der Waals surface area contributed by atoms with Crippen molar-refractivity contribution in [2.45, 2.75) is 38.5 Å². The molecule has 1 aromatic carbocycles. The molecule has 0 unspecified atom stereocenters. The van der Waals surface area contributed by atoms with Crippen LogP contribution in [0.4, 0.5) is 8.78 Å². The lowest BCUT2D eigenvalue weighted by Crippen LogP contribution is -2.23. The zero-order valence-corrected chi connectivity index (χ0v) is 13.3. The molecule has 2 aliphatic rings. The molecule has 6 heteroatoms. The normalized spacial score (nSPS) is 17.3. The number of fused-ring (bicyclic) bond motifs is 1. The third-order valence-corrected chi connectivity index (χ3v) is 5.52. The van der Waals surface area contributed by atoms with E-state index in [0.29, 0.717) is 4.88 Å². The quantitative estimate of drug-likeness (QED) is 0.929. The number of hydrogen-bond acceptors (Lipinski definition) is 3. The van der Waals surface area contributed by atoms with Crippen LogP contribution >= 0.6 is 11.3 Å². The van der Waals surface area contributed by atoms with E-state index in [2.05, 4.69) is 10.2 Å². The smallest absolute Gasteiger partial charge is 0.261 e. The predicted octanol–water partition coefficient (Wildman–Crippen LogP) is 3.43. The molecule has 0 spiro atoms. The fourth-order valence-corrected chi connectivity index (χ4v) is 4.05. The van der Waals surface area contributed by atoms with Gasteiger partial charge in [-0.3, -0.25) is 9.69 Å². The molecule has 120 valence electrons. The maximum atomic E-state index is 13.6. The van der Waals surface area contributed by atoms with E-state index in [9.17, 15) is 13.6 Å². The minimum absolute atomic E-state index is 0.0573. The fraction of sp³-hybridized carbons (Fsp3) is 0.353. The van der Waals surface area contributed by atoms with Gasteiger partial charge in [0.2, 0.25) is 0 Å². The number of amides is 1. The highest BCUT2D eigenvalue weighted by molar-refractivity contribution is 7.14. The summed E-state index contributed by atoms with van der Waals surface area (Å²) in [5.41, 5.74) is 1.52. The zero-order valence-electron chi connectivity index (χ0n) is 12.4. The number of rotatable bonds is 4. The average molecular weight is 334 g/mol. The van der Waals surface area contributed by atoms with Crippen molar-refractivity contribution in [2.24, 2.45) is 0 Å². The van der Waals surface area contributed by atoms with Gasteiger partial charge in [0.15, 0.2) is 0 Å². The summed E-state index contributed by atoms with van der Waals surface area (Å²) in [5, 5.41) is 2.71. The Hall–Kier alpha value is -1.79. The van der Waals surface area contributed by atoms with E-state index in [4.69, 9.17) is 0 Å². The molecule has 3 nitrogen and oxygen atoms in total. The third-order valence-electron chi connectivity index (χ3n) is 4.36. The van der Waals surface area contributed by atoms with Gasteiger partial charge in [0, 0.05) is 42.2 Å². The van der Waals surface area contributed by atoms with E-state index in [0.717, 1.165) is 25.2 Å². The second-order valence-electron chi connectivity index (χ2n) is 6.11. The van der Waals surface area contributed by atoms with Crippen molar-refractivity contribution in [3.8, 4) is 0 Å². The van der Waals surface area contributed by atoms with Crippen molar-refractivity contribution in [2.75, 3.05) is 0 Å². The van der Waals surface area contributed by atoms with Gasteiger partial charge in [0.25, 0.3) is 5.91 Å². The Kier molecular flexibility index (Phi) is 3.66. The maximum Gasteiger partial charge on any atom is 0.261 e. The van der Waals surface area contributed by atoms with Crippen LogP contribution in [0, 0.1) is 11.6 Å². The molecule has 1 aliphatic heterocycles. The zero-order chi connectivity index (χ0) is 16.0. The molecular formula is C17H16F2N2OS. The van der Waals surface area contributed by atoms with Gasteiger partial charge in [-0.25, -0.2) is 8.78 Å². The van der Waals surface area contributed by atoms with Crippen LogP contribution in [-0.4, -0.2) is 16.8 Å². The lowest BCUT2D eigenvalue weighted by atomic mass is 10.2. The van der Waals surface area contributed by atoms with Crippen LogP contribution in [-0.2, 0) is 19.6 Å². The van der Waals surface area contributed by atoms with Gasteiger partial charge in [-0.1, -0.05) is 6.07 Å². The van der Waals surface area contributed by atoms with E-state index >= 15 is 0 Å². The molecule has 23 heavy (non-hydrogen) atoms. The van der Waals surface area contributed by atoms with E-state index in [1.807, 2.05) is 6.07 Å². The van der Waals surface area contributed by atoms with Crippen molar-refractivity contribution in [1.29, 1.82) is 0 Å². The Morgan fingerprint density at radius 1 is 1.26 bits per heavy atom. The van der Waals surface area contributed by atoms with Gasteiger partial charge < -0.3 is 5.32 Å². The lowest BCUT2D eigenvalue weighted by molar-refractivity contribution is 0.0954. The first-order valence-electron chi connectivity index (χ1n) is 7.68. The monoisotopic (exact) mass is 334 g/mol. The first-order valence-corrected chi connectivity index (χ1v) is 8.49. The second kappa shape index (κ2) is 5.69. The molecule has 2 heterocycles. The second-order valence-corrected chi connectivity index (χ2v) is 7.25. The van der Waals surface area contributed by atoms with Crippen LogP contribution in [0.1, 0.15) is 38.5 Å². The summed E-state index contributed by atoms with van der Waals surface area (Å²) in [5.74, 6) is -1.46. The van der Waals surface area contributed by atoms with Crippen LogP contribution in [0.5, 0.6) is 0 Å². The highest BCUT2D eigenvalue weighted by atomic mass is 32.1. The molecule has 1 aromatic heterocycles. The van der Waals surface area contributed by atoms with E-state index in [-0.39, 0.29) is 18.0 Å². The van der Waals surface area contributed by atoms with Crippen molar-refractivity contribution in [1.82, 2.24) is 10.2 Å². The first kappa shape index (κ1) is 14.8. The number of nitrogens with one attached hydrogen (secondary N) is 1. The summed E-state index contributed by atoms with van der Waals surface area (Å²) < 4.78 is 26.4. The largest absolute Gasteiger partial charge is 0.347 e. The number of carbonyl (C=O) groups is 1. The number of carbonyl (C=O) groups excluding carboxylic acids is 1. The topological polar surface area (TPSA) is 32.3 Å². The molecule has 1 N–H and O–H groups in total. The van der Waals surface area contributed by atoms with Crippen LogP contribution in [0.2, 0.25) is 0 Å². The molecular weight excluding hydrogens is 318 g/mol. The van der Waals surface area contributed by atoms with Crippen LogP contribution in [0.3, 0.4) is 0 Å². The van der Waals surface area contributed by atoms with E-state index in [1.165, 1.54) is 46.8 Å². The Labute approximate surface area is 136 Å². The average Bonchev–Trinajstić information content (AvgIpc) is 3.16. The van der Waals surface area contributed by atoms with Gasteiger partial charge in [0.05, 0.1) is 4.88 Å². The lowest BCUT2D eigenvalue weighted by Gasteiger charge is -2.12. The van der Waals surface area contributed by atoms with Crippen molar-refractivity contribution < 1.29 is 13.6 Å². The molecule has 0 radical (unpaired) electrons. The minimum Gasteiger partial charge on any atom is -0.347 e. The molecule has 0 atom stereocenters. The number of hydrogen-bond donors (Lipinski definition) is 1. The highest BCUT2D eigenvalue weighted by Crippen LogP contribution is 2.38. The van der Waals surface area contributed by atoms with Crippen molar-refractivity contribution in [3.05, 3.63) is 56.8 Å². The molecule has 1 aliphatic carbocycles. The first-order chi connectivity index (χ1) is 11.1. The van der Waals surface area contributed by atoms with Crippen LogP contribution in [0.25, 0.3) is 0 Å².